The Kier molecular flexibility index (Phi) is 4.05. The Morgan fingerprint density at radius 3 is 2.87 bits per heavy atom. The lowest BCUT2D eigenvalue weighted by Gasteiger charge is -2.24. The van der Waals surface area contributed by atoms with Gasteiger partial charge >= 0.3 is 0 Å². The second-order valence-corrected chi connectivity index (χ2v) is 4.90. The average Bonchev–Trinajstić information content (AvgIpc) is 2.51. The lowest BCUT2D eigenvalue weighted by Crippen LogP contribution is -2.39. The fraction of sp³-hybridized carbons (Fsp3) is 0.667. The minimum Gasteiger partial charge on any atom is -0.313 e. The molecule has 15 heavy (non-hydrogen) atoms. The molecule has 0 aromatic heterocycles. The van der Waals surface area contributed by atoms with E-state index in [0.29, 0.717) is 29.1 Å². The molecule has 0 spiro atoms. The maximum absolute atomic E-state index is 11.0. The summed E-state index contributed by atoms with van der Waals surface area (Å²) < 4.78 is 0.688. The van der Waals surface area contributed by atoms with Gasteiger partial charge in [0.1, 0.15) is 11.9 Å². The quantitative estimate of drug-likeness (QED) is 0.398. The summed E-state index contributed by atoms with van der Waals surface area (Å²) in [6.45, 7) is 1.38. The summed E-state index contributed by atoms with van der Waals surface area (Å²) in [6, 6.07) is 2.18. The standard InChI is InChI=1S/C12H19N2O/c1-14(2,9-7-13)8-3-4-11-5-6-12(15)10-11/h3-4,11H,5-6,8-10H2,1-2H3/q+1/b4-3+/t11-/m1/s1. The van der Waals surface area contributed by atoms with Crippen LogP contribution in [0.3, 0.4) is 0 Å². The van der Waals surface area contributed by atoms with Gasteiger partial charge in [-0.3, -0.25) is 4.79 Å². The highest BCUT2D eigenvalue weighted by Gasteiger charge is 2.19. The van der Waals surface area contributed by atoms with E-state index in [4.69, 9.17) is 5.26 Å². The smallest absolute Gasteiger partial charge is 0.166 e. The van der Waals surface area contributed by atoms with E-state index in [1.807, 2.05) is 14.1 Å². The maximum Gasteiger partial charge on any atom is 0.166 e. The van der Waals surface area contributed by atoms with Crippen molar-refractivity contribution in [1.29, 1.82) is 5.26 Å². The van der Waals surface area contributed by atoms with Gasteiger partial charge in [-0.1, -0.05) is 6.08 Å². The molecule has 0 radical (unpaired) electrons. The molecule has 1 atom stereocenters. The van der Waals surface area contributed by atoms with Gasteiger partial charge in [-0.05, 0) is 18.4 Å². The summed E-state index contributed by atoms with van der Waals surface area (Å²) in [4.78, 5) is 11.0. The maximum atomic E-state index is 11.0. The summed E-state index contributed by atoms with van der Waals surface area (Å²) in [7, 11) is 4.07. The number of nitrogens with zero attached hydrogens (tertiary/aromatic N) is 2. The van der Waals surface area contributed by atoms with Gasteiger partial charge in [-0.2, -0.15) is 5.26 Å². The number of hydrogen-bond donors (Lipinski definition) is 0. The number of hydrogen-bond acceptors (Lipinski definition) is 2. The fourth-order valence-corrected chi connectivity index (χ4v) is 1.80. The Hall–Kier alpha value is -1.14. The van der Waals surface area contributed by atoms with Crippen molar-refractivity contribution in [2.24, 2.45) is 5.92 Å². The van der Waals surface area contributed by atoms with E-state index in [1.165, 1.54) is 0 Å². The molecular formula is C12H19N2O+. The molecule has 0 aliphatic heterocycles. The summed E-state index contributed by atoms with van der Waals surface area (Å²) >= 11 is 0. The van der Waals surface area contributed by atoms with Gasteiger partial charge in [0, 0.05) is 12.8 Å². The van der Waals surface area contributed by atoms with Crippen molar-refractivity contribution in [2.75, 3.05) is 27.2 Å². The highest BCUT2D eigenvalue weighted by atomic mass is 16.1. The van der Waals surface area contributed by atoms with E-state index < -0.39 is 0 Å². The van der Waals surface area contributed by atoms with Crippen LogP contribution in [0.5, 0.6) is 0 Å². The van der Waals surface area contributed by atoms with Crippen LogP contribution in [-0.4, -0.2) is 37.5 Å². The highest BCUT2D eigenvalue weighted by Crippen LogP contribution is 2.22. The van der Waals surface area contributed by atoms with Gasteiger partial charge in [0.25, 0.3) is 0 Å². The fourth-order valence-electron chi connectivity index (χ4n) is 1.80. The summed E-state index contributed by atoms with van der Waals surface area (Å²) in [5.41, 5.74) is 0. The van der Waals surface area contributed by atoms with Crippen LogP contribution in [0.25, 0.3) is 0 Å². The first-order valence-electron chi connectivity index (χ1n) is 5.41. The molecule has 3 nitrogen and oxygen atoms in total. The lowest BCUT2D eigenvalue weighted by molar-refractivity contribution is -0.877. The third-order valence-corrected chi connectivity index (χ3v) is 2.79. The van der Waals surface area contributed by atoms with Gasteiger partial charge in [0.05, 0.1) is 20.6 Å². The van der Waals surface area contributed by atoms with Crippen molar-refractivity contribution in [3.8, 4) is 6.07 Å². The Bertz CT molecular complexity index is 299. The molecule has 0 unspecified atom stereocenters. The Balaban J connectivity index is 2.33. The van der Waals surface area contributed by atoms with Crippen LogP contribution in [0.2, 0.25) is 0 Å². The third kappa shape index (κ3) is 4.26. The number of quaternary nitrogens is 1. The third-order valence-electron chi connectivity index (χ3n) is 2.79. The number of Topliss-reactive ketones (excluding diaryl/α,β-unsaturated/α-hetero) is 1. The Morgan fingerprint density at radius 1 is 1.60 bits per heavy atom. The summed E-state index contributed by atoms with van der Waals surface area (Å²) in [5, 5.41) is 8.61. The zero-order valence-corrected chi connectivity index (χ0v) is 9.57. The summed E-state index contributed by atoms with van der Waals surface area (Å²) in [6.07, 6.45) is 6.71. The highest BCUT2D eigenvalue weighted by molar-refractivity contribution is 5.80. The van der Waals surface area contributed by atoms with Crippen LogP contribution in [0.4, 0.5) is 0 Å². The van der Waals surface area contributed by atoms with Crippen molar-refractivity contribution in [2.45, 2.75) is 19.3 Å². The molecule has 1 fully saturated rings. The molecule has 1 saturated carbocycles. The van der Waals surface area contributed by atoms with E-state index in [-0.39, 0.29) is 0 Å². The first-order chi connectivity index (χ1) is 7.03. The van der Waals surface area contributed by atoms with Crippen molar-refractivity contribution < 1.29 is 9.28 Å². The van der Waals surface area contributed by atoms with Gasteiger partial charge in [-0.25, -0.2) is 0 Å². The minimum atomic E-state index is 0.385. The summed E-state index contributed by atoms with van der Waals surface area (Å²) in [5.74, 6) is 0.829. The van der Waals surface area contributed by atoms with Crippen molar-refractivity contribution >= 4 is 5.78 Å². The van der Waals surface area contributed by atoms with Crippen molar-refractivity contribution in [3.05, 3.63) is 12.2 Å². The van der Waals surface area contributed by atoms with E-state index in [9.17, 15) is 4.79 Å². The van der Waals surface area contributed by atoms with E-state index in [0.717, 1.165) is 19.4 Å². The molecule has 0 bridgehead atoms. The van der Waals surface area contributed by atoms with E-state index >= 15 is 0 Å². The second kappa shape index (κ2) is 5.09. The van der Waals surface area contributed by atoms with Crippen molar-refractivity contribution in [1.82, 2.24) is 0 Å². The number of carbonyl (C=O) groups is 1. The predicted molar refractivity (Wildman–Crippen MR) is 58.9 cm³/mol. The van der Waals surface area contributed by atoms with Crippen LogP contribution >= 0.6 is 0 Å². The van der Waals surface area contributed by atoms with Gasteiger partial charge in [-0.15, -0.1) is 0 Å². The molecule has 0 aromatic rings. The molecule has 0 aromatic carbocycles. The van der Waals surface area contributed by atoms with Crippen LogP contribution < -0.4 is 0 Å². The SMILES string of the molecule is C[N+](C)(CC#N)C/C=C/[C@@H]1CCC(=O)C1. The first-order valence-corrected chi connectivity index (χ1v) is 5.41. The normalized spacial score (nSPS) is 22.2. The molecular weight excluding hydrogens is 188 g/mol. The van der Waals surface area contributed by atoms with Gasteiger partial charge in [0.15, 0.2) is 6.54 Å². The van der Waals surface area contributed by atoms with E-state index in [2.05, 4.69) is 18.2 Å². The minimum absolute atomic E-state index is 0.385. The second-order valence-electron chi connectivity index (χ2n) is 4.90. The van der Waals surface area contributed by atoms with Crippen LogP contribution in [0.15, 0.2) is 12.2 Å². The molecule has 0 N–H and O–H groups in total. The molecule has 0 saturated heterocycles. The number of allylic oxidation sites excluding steroid dienone is 1. The zero-order chi connectivity index (χ0) is 11.3. The van der Waals surface area contributed by atoms with Gasteiger partial charge in [0.2, 0.25) is 0 Å². The van der Waals surface area contributed by atoms with Gasteiger partial charge < -0.3 is 4.48 Å². The Morgan fingerprint density at radius 2 is 2.33 bits per heavy atom. The monoisotopic (exact) mass is 207 g/mol. The Labute approximate surface area is 91.6 Å². The number of carbonyl (C=O) groups excluding carboxylic acids is 1. The number of rotatable bonds is 4. The lowest BCUT2D eigenvalue weighted by atomic mass is 10.1. The molecule has 3 heteroatoms. The van der Waals surface area contributed by atoms with E-state index in [1.54, 1.807) is 0 Å². The number of likely N-dealkylation sites (N-methyl/N-ethyl adjacent to an activating group) is 1. The molecule has 0 amide bonds. The largest absolute Gasteiger partial charge is 0.313 e. The first kappa shape index (κ1) is 11.9. The average molecular weight is 207 g/mol. The topological polar surface area (TPSA) is 40.9 Å². The van der Waals surface area contributed by atoms with Crippen LogP contribution in [0.1, 0.15) is 19.3 Å². The number of nitriles is 1. The van der Waals surface area contributed by atoms with Crippen LogP contribution in [0, 0.1) is 17.2 Å². The molecule has 82 valence electrons. The molecule has 1 aliphatic rings. The molecule has 1 aliphatic carbocycles. The predicted octanol–water partition coefficient (Wildman–Crippen LogP) is 1.51. The number of ketones is 1. The zero-order valence-electron chi connectivity index (χ0n) is 9.57. The van der Waals surface area contributed by atoms with Crippen LogP contribution in [-0.2, 0) is 4.79 Å². The molecule has 0 heterocycles. The van der Waals surface area contributed by atoms with Crippen molar-refractivity contribution in [3.63, 3.8) is 0 Å². The molecule has 1 rings (SSSR count).